The van der Waals surface area contributed by atoms with Crippen LogP contribution in [-0.4, -0.2) is 31.0 Å². The van der Waals surface area contributed by atoms with Gasteiger partial charge < -0.3 is 9.47 Å². The highest BCUT2D eigenvalue weighted by Crippen LogP contribution is 2.22. The summed E-state index contributed by atoms with van der Waals surface area (Å²) in [6.07, 6.45) is 0. The summed E-state index contributed by atoms with van der Waals surface area (Å²) >= 11 is 0. The van der Waals surface area contributed by atoms with Crippen molar-refractivity contribution in [2.75, 3.05) is 14.2 Å². The molecule has 130 valence electrons. The molecule has 0 fully saturated rings. The van der Waals surface area contributed by atoms with Crippen molar-refractivity contribution in [2.24, 2.45) is 0 Å². The molecule has 0 saturated carbocycles. The smallest absolute Gasteiger partial charge is 0.270 e. The number of hydrogen-bond acceptors (Lipinski definition) is 6. The highest BCUT2D eigenvalue weighted by molar-refractivity contribution is 5.99. The Balaban J connectivity index is 2.08. The number of carbonyl (C=O) groups is 2. The Morgan fingerprint density at radius 2 is 1.48 bits per heavy atom. The second kappa shape index (κ2) is 7.77. The van der Waals surface area contributed by atoms with Crippen LogP contribution in [0.2, 0.25) is 0 Å². The lowest BCUT2D eigenvalue weighted by atomic mass is 10.2. The molecular weight excluding hydrogens is 330 g/mol. The highest BCUT2D eigenvalue weighted by Gasteiger charge is 2.14. The number of hydrazine groups is 1. The number of nitro benzene ring substituents is 1. The fraction of sp³-hybridized carbons (Fsp3) is 0.125. The highest BCUT2D eigenvalue weighted by atomic mass is 16.6. The number of carbonyl (C=O) groups excluding carboxylic acids is 2. The second-order valence-corrected chi connectivity index (χ2v) is 4.82. The van der Waals surface area contributed by atoms with Crippen LogP contribution in [0.3, 0.4) is 0 Å². The predicted octanol–water partition coefficient (Wildman–Crippen LogP) is 1.69. The number of methoxy groups -OCH3 is 2. The number of nitrogens with zero attached hydrogens (tertiary/aromatic N) is 1. The van der Waals surface area contributed by atoms with E-state index in [0.717, 1.165) is 6.07 Å². The quantitative estimate of drug-likeness (QED) is 0.628. The van der Waals surface area contributed by atoms with Crippen molar-refractivity contribution in [1.29, 1.82) is 0 Å². The molecule has 2 aromatic rings. The van der Waals surface area contributed by atoms with Crippen LogP contribution in [0.1, 0.15) is 20.7 Å². The van der Waals surface area contributed by atoms with Crippen LogP contribution in [0.15, 0.2) is 42.5 Å². The molecule has 0 unspecified atom stereocenters. The van der Waals surface area contributed by atoms with E-state index in [2.05, 4.69) is 10.9 Å². The predicted molar refractivity (Wildman–Crippen MR) is 87.6 cm³/mol. The van der Waals surface area contributed by atoms with Gasteiger partial charge in [0.05, 0.1) is 19.1 Å². The lowest BCUT2D eigenvalue weighted by molar-refractivity contribution is -0.384. The molecule has 0 spiro atoms. The number of nitro groups is 1. The van der Waals surface area contributed by atoms with Gasteiger partial charge in [-0.25, -0.2) is 0 Å². The van der Waals surface area contributed by atoms with Gasteiger partial charge >= 0.3 is 0 Å². The lowest BCUT2D eigenvalue weighted by Crippen LogP contribution is -2.41. The van der Waals surface area contributed by atoms with Gasteiger partial charge in [-0.3, -0.25) is 30.6 Å². The molecule has 0 heterocycles. The van der Waals surface area contributed by atoms with Gasteiger partial charge in [0.15, 0.2) is 0 Å². The Kier molecular flexibility index (Phi) is 5.51. The van der Waals surface area contributed by atoms with Gasteiger partial charge in [0.1, 0.15) is 11.5 Å². The maximum atomic E-state index is 12.1. The van der Waals surface area contributed by atoms with Crippen molar-refractivity contribution in [3.05, 3.63) is 63.7 Å². The van der Waals surface area contributed by atoms with E-state index >= 15 is 0 Å². The van der Waals surface area contributed by atoms with Gasteiger partial charge in [-0.1, -0.05) is 6.07 Å². The van der Waals surface area contributed by atoms with Crippen LogP contribution in [0, 0.1) is 10.1 Å². The second-order valence-electron chi connectivity index (χ2n) is 4.82. The molecule has 2 rings (SSSR count). The largest absolute Gasteiger partial charge is 0.497 e. The van der Waals surface area contributed by atoms with Gasteiger partial charge in [0, 0.05) is 29.3 Å². The Labute approximate surface area is 142 Å². The molecule has 0 bridgehead atoms. The van der Waals surface area contributed by atoms with E-state index in [9.17, 15) is 19.7 Å². The summed E-state index contributed by atoms with van der Waals surface area (Å²) in [7, 11) is 2.89. The maximum Gasteiger partial charge on any atom is 0.270 e. The SMILES string of the molecule is COc1cc(OC)cc(C(=O)NNC(=O)c2cccc([N+](=O)[O-])c2)c1. The number of hydrogen-bond donors (Lipinski definition) is 2. The molecule has 0 atom stereocenters. The average molecular weight is 345 g/mol. The molecule has 0 radical (unpaired) electrons. The third-order valence-electron chi connectivity index (χ3n) is 3.22. The van der Waals surface area contributed by atoms with Crippen molar-refractivity contribution < 1.29 is 24.0 Å². The van der Waals surface area contributed by atoms with E-state index in [0.29, 0.717) is 11.5 Å². The van der Waals surface area contributed by atoms with Crippen LogP contribution in [0.25, 0.3) is 0 Å². The fourth-order valence-corrected chi connectivity index (χ4v) is 1.96. The Hall–Kier alpha value is -3.62. The molecule has 9 nitrogen and oxygen atoms in total. The number of ether oxygens (including phenoxy) is 2. The summed E-state index contributed by atoms with van der Waals surface area (Å²) in [5.74, 6) is -0.466. The fourth-order valence-electron chi connectivity index (χ4n) is 1.96. The van der Waals surface area contributed by atoms with Crippen LogP contribution >= 0.6 is 0 Å². The molecule has 0 aliphatic heterocycles. The summed E-state index contributed by atoms with van der Waals surface area (Å²) < 4.78 is 10.1. The van der Waals surface area contributed by atoms with E-state index < -0.39 is 16.7 Å². The normalized spacial score (nSPS) is 9.84. The molecule has 2 amide bonds. The number of non-ortho nitro benzene ring substituents is 1. The standard InChI is InChI=1S/C16H15N3O6/c1-24-13-7-11(8-14(9-13)25-2)16(21)18-17-15(20)10-4-3-5-12(6-10)19(22)23/h3-9H,1-2H3,(H,17,20)(H,18,21). The summed E-state index contributed by atoms with van der Waals surface area (Å²) in [5, 5.41) is 10.7. The zero-order valence-electron chi connectivity index (χ0n) is 13.4. The third-order valence-corrected chi connectivity index (χ3v) is 3.22. The first kappa shape index (κ1) is 17.7. The number of nitrogens with one attached hydrogen (secondary N) is 2. The monoisotopic (exact) mass is 345 g/mol. The van der Waals surface area contributed by atoms with Crippen molar-refractivity contribution in [3.8, 4) is 11.5 Å². The maximum absolute atomic E-state index is 12.1. The van der Waals surface area contributed by atoms with E-state index in [1.165, 1.54) is 44.6 Å². The Morgan fingerprint density at radius 1 is 0.920 bits per heavy atom. The van der Waals surface area contributed by atoms with Crippen LogP contribution < -0.4 is 20.3 Å². The first-order valence-corrected chi connectivity index (χ1v) is 7.03. The first-order chi connectivity index (χ1) is 11.9. The molecule has 2 N–H and O–H groups in total. The van der Waals surface area contributed by atoms with Crippen molar-refractivity contribution in [2.45, 2.75) is 0 Å². The molecule has 0 aliphatic carbocycles. The van der Waals surface area contributed by atoms with Crippen molar-refractivity contribution in [3.63, 3.8) is 0 Å². The summed E-state index contributed by atoms with van der Waals surface area (Å²) in [4.78, 5) is 34.3. The van der Waals surface area contributed by atoms with Gasteiger partial charge in [-0.05, 0) is 18.2 Å². The number of amides is 2. The van der Waals surface area contributed by atoms with Crippen LogP contribution in [0.5, 0.6) is 11.5 Å². The molecule has 0 aliphatic rings. The van der Waals surface area contributed by atoms with Crippen LogP contribution in [0.4, 0.5) is 5.69 Å². The molecule has 25 heavy (non-hydrogen) atoms. The van der Waals surface area contributed by atoms with Gasteiger partial charge in [0.2, 0.25) is 0 Å². The van der Waals surface area contributed by atoms with E-state index in [4.69, 9.17) is 9.47 Å². The van der Waals surface area contributed by atoms with Gasteiger partial charge in [-0.15, -0.1) is 0 Å². The van der Waals surface area contributed by atoms with E-state index in [1.54, 1.807) is 6.07 Å². The van der Waals surface area contributed by atoms with Crippen molar-refractivity contribution >= 4 is 17.5 Å². The number of benzene rings is 2. The van der Waals surface area contributed by atoms with Crippen molar-refractivity contribution in [1.82, 2.24) is 10.9 Å². The molecule has 0 saturated heterocycles. The zero-order chi connectivity index (χ0) is 18.4. The Bertz CT molecular complexity index is 799. The summed E-state index contributed by atoms with van der Waals surface area (Å²) in [6, 6.07) is 9.67. The minimum absolute atomic E-state index is 0.0396. The van der Waals surface area contributed by atoms with Gasteiger partial charge in [-0.2, -0.15) is 0 Å². The average Bonchev–Trinajstić information content (AvgIpc) is 2.65. The van der Waals surface area contributed by atoms with Crippen LogP contribution in [-0.2, 0) is 0 Å². The lowest BCUT2D eigenvalue weighted by Gasteiger charge is -2.10. The molecule has 0 aromatic heterocycles. The van der Waals surface area contributed by atoms with E-state index in [1.807, 2.05) is 0 Å². The summed E-state index contributed by atoms with van der Waals surface area (Å²) in [5.41, 5.74) is 4.44. The zero-order valence-corrected chi connectivity index (χ0v) is 13.4. The first-order valence-electron chi connectivity index (χ1n) is 7.03. The molecule has 9 heteroatoms. The topological polar surface area (TPSA) is 120 Å². The van der Waals surface area contributed by atoms with E-state index in [-0.39, 0.29) is 16.8 Å². The van der Waals surface area contributed by atoms with Gasteiger partial charge in [0.25, 0.3) is 17.5 Å². The minimum atomic E-state index is -0.688. The third kappa shape index (κ3) is 4.44. The number of rotatable bonds is 5. The molecular formula is C16H15N3O6. The molecule has 2 aromatic carbocycles. The Morgan fingerprint density at radius 3 is 2.00 bits per heavy atom. The summed E-state index contributed by atoms with van der Waals surface area (Å²) in [6.45, 7) is 0. The minimum Gasteiger partial charge on any atom is -0.497 e.